The molecule has 4 rings (SSSR count). The third kappa shape index (κ3) is 3.76. The Balaban J connectivity index is 1.61. The lowest BCUT2D eigenvalue weighted by molar-refractivity contribution is 0.700. The van der Waals surface area contributed by atoms with E-state index in [4.69, 9.17) is 10.2 Å². The van der Waals surface area contributed by atoms with Gasteiger partial charge in [0.25, 0.3) is 0 Å². The number of benzene rings is 1. The van der Waals surface area contributed by atoms with Crippen molar-refractivity contribution in [2.45, 2.75) is 32.7 Å². The first-order chi connectivity index (χ1) is 13.1. The van der Waals surface area contributed by atoms with E-state index in [0.29, 0.717) is 21.9 Å². The lowest BCUT2D eigenvalue weighted by Crippen LogP contribution is -2.25. The first-order valence-electron chi connectivity index (χ1n) is 8.94. The number of aryl methyl sites for hydroxylation is 2. The van der Waals surface area contributed by atoms with Crippen LogP contribution in [-0.4, -0.2) is 21.5 Å². The number of nitriles is 1. The zero-order chi connectivity index (χ0) is 18.8. The molecule has 7 heteroatoms. The Morgan fingerprint density at radius 2 is 2.04 bits per heavy atom. The minimum Gasteiger partial charge on any atom is -0.334 e. The average Bonchev–Trinajstić information content (AvgIpc) is 3.31. The molecule has 1 fully saturated rings. The normalized spacial score (nSPS) is 16.3. The summed E-state index contributed by atoms with van der Waals surface area (Å²) in [5, 5.41) is 12.8. The summed E-state index contributed by atoms with van der Waals surface area (Å²) in [6.45, 7) is 5.02. The number of rotatable bonds is 4. The van der Waals surface area contributed by atoms with Crippen molar-refractivity contribution in [1.29, 1.82) is 5.26 Å². The van der Waals surface area contributed by atoms with Gasteiger partial charge in [-0.2, -0.15) is 10.2 Å². The quantitative estimate of drug-likeness (QED) is 0.722. The van der Waals surface area contributed by atoms with E-state index in [0.717, 1.165) is 31.0 Å². The molecule has 0 spiro atoms. The standard InChI is InChI=1S/C20H20N6S/c1-13-5-7-15(8-6-13)17-4-3-9-26(17)19-23-14(2)10-18(24-19)25-20-22-12-16(11-21)27-20/h5-8,10,12,17H,3-4,9H2,1-2H3,(H,22,23,24,25). The van der Waals surface area contributed by atoms with Gasteiger partial charge >= 0.3 is 0 Å². The summed E-state index contributed by atoms with van der Waals surface area (Å²) in [6, 6.07) is 13.0. The van der Waals surface area contributed by atoms with Gasteiger partial charge in [-0.1, -0.05) is 41.2 Å². The van der Waals surface area contributed by atoms with Gasteiger partial charge in [0.2, 0.25) is 5.95 Å². The van der Waals surface area contributed by atoms with Crippen molar-refractivity contribution < 1.29 is 0 Å². The van der Waals surface area contributed by atoms with E-state index in [-0.39, 0.29) is 0 Å². The van der Waals surface area contributed by atoms with Crippen LogP contribution in [0.1, 0.15) is 40.6 Å². The van der Waals surface area contributed by atoms with Crippen LogP contribution in [0.2, 0.25) is 0 Å². The third-order valence-electron chi connectivity index (χ3n) is 4.67. The van der Waals surface area contributed by atoms with Crippen molar-refractivity contribution in [3.63, 3.8) is 0 Å². The molecule has 1 N–H and O–H groups in total. The van der Waals surface area contributed by atoms with Gasteiger partial charge in [-0.15, -0.1) is 0 Å². The molecule has 27 heavy (non-hydrogen) atoms. The molecule has 0 radical (unpaired) electrons. The lowest BCUT2D eigenvalue weighted by Gasteiger charge is -2.25. The van der Waals surface area contributed by atoms with Crippen molar-refractivity contribution in [1.82, 2.24) is 15.0 Å². The summed E-state index contributed by atoms with van der Waals surface area (Å²) < 4.78 is 0. The van der Waals surface area contributed by atoms with Crippen LogP contribution in [0.5, 0.6) is 0 Å². The largest absolute Gasteiger partial charge is 0.334 e. The van der Waals surface area contributed by atoms with Gasteiger partial charge in [0, 0.05) is 18.3 Å². The van der Waals surface area contributed by atoms with Crippen LogP contribution in [0.3, 0.4) is 0 Å². The Bertz CT molecular complexity index is 988. The molecule has 1 unspecified atom stereocenters. The lowest BCUT2D eigenvalue weighted by atomic mass is 10.0. The van der Waals surface area contributed by atoms with Gasteiger partial charge in [0.15, 0.2) is 5.13 Å². The molecule has 1 aliphatic rings. The Morgan fingerprint density at radius 3 is 2.78 bits per heavy atom. The molecule has 136 valence electrons. The fourth-order valence-electron chi connectivity index (χ4n) is 3.38. The van der Waals surface area contributed by atoms with Gasteiger partial charge < -0.3 is 10.2 Å². The van der Waals surface area contributed by atoms with E-state index in [2.05, 4.69) is 57.4 Å². The van der Waals surface area contributed by atoms with Gasteiger partial charge in [0.05, 0.1) is 12.2 Å². The predicted molar refractivity (Wildman–Crippen MR) is 107 cm³/mol. The molecular formula is C20H20N6S. The molecule has 1 aliphatic heterocycles. The molecule has 1 aromatic carbocycles. The van der Waals surface area contributed by atoms with Gasteiger partial charge in [-0.25, -0.2) is 9.97 Å². The Morgan fingerprint density at radius 1 is 1.22 bits per heavy atom. The van der Waals surface area contributed by atoms with E-state index < -0.39 is 0 Å². The van der Waals surface area contributed by atoms with Gasteiger partial charge in [0.1, 0.15) is 16.8 Å². The highest BCUT2D eigenvalue weighted by Gasteiger charge is 2.28. The number of thiazole rings is 1. The highest BCUT2D eigenvalue weighted by atomic mass is 32.1. The Labute approximate surface area is 162 Å². The molecule has 6 nitrogen and oxygen atoms in total. The Hall–Kier alpha value is -2.98. The van der Waals surface area contributed by atoms with Crippen molar-refractivity contribution in [3.05, 3.63) is 58.2 Å². The van der Waals surface area contributed by atoms with Crippen molar-refractivity contribution >= 4 is 28.2 Å². The molecule has 0 aliphatic carbocycles. The fraction of sp³-hybridized carbons (Fsp3) is 0.300. The van der Waals surface area contributed by atoms with E-state index in [1.165, 1.54) is 22.5 Å². The molecule has 2 aromatic heterocycles. The van der Waals surface area contributed by atoms with Crippen LogP contribution in [0.15, 0.2) is 36.5 Å². The van der Waals surface area contributed by atoms with E-state index in [9.17, 15) is 0 Å². The minimum atomic E-state index is 0.297. The number of aromatic nitrogens is 3. The van der Waals surface area contributed by atoms with Crippen LogP contribution in [0.25, 0.3) is 0 Å². The van der Waals surface area contributed by atoms with Crippen LogP contribution in [-0.2, 0) is 0 Å². The topological polar surface area (TPSA) is 77.7 Å². The molecule has 3 aromatic rings. The summed E-state index contributed by atoms with van der Waals surface area (Å²) in [7, 11) is 0. The van der Waals surface area contributed by atoms with Gasteiger partial charge in [-0.05, 0) is 32.3 Å². The second-order valence-corrected chi connectivity index (χ2v) is 7.75. The highest BCUT2D eigenvalue weighted by Crippen LogP contribution is 2.35. The van der Waals surface area contributed by atoms with E-state index in [1.807, 2.05) is 13.0 Å². The number of nitrogens with zero attached hydrogens (tertiary/aromatic N) is 5. The Kier molecular flexibility index (Phi) is 4.73. The molecule has 0 bridgehead atoms. The smallest absolute Gasteiger partial charge is 0.228 e. The SMILES string of the molecule is Cc1ccc(C2CCCN2c2nc(C)cc(Nc3ncc(C#N)s3)n2)cc1. The predicted octanol–water partition coefficient (Wildman–Crippen LogP) is 4.51. The van der Waals surface area contributed by atoms with Crippen molar-refractivity contribution in [2.24, 2.45) is 0 Å². The van der Waals surface area contributed by atoms with Gasteiger partial charge in [-0.3, -0.25) is 0 Å². The summed E-state index contributed by atoms with van der Waals surface area (Å²) in [5.74, 6) is 1.43. The van der Waals surface area contributed by atoms with E-state index >= 15 is 0 Å². The first-order valence-corrected chi connectivity index (χ1v) is 9.76. The molecule has 1 saturated heterocycles. The van der Waals surface area contributed by atoms with E-state index in [1.54, 1.807) is 6.20 Å². The number of nitrogens with one attached hydrogen (secondary N) is 1. The van der Waals surface area contributed by atoms with Crippen molar-refractivity contribution in [3.8, 4) is 6.07 Å². The maximum atomic E-state index is 8.96. The zero-order valence-electron chi connectivity index (χ0n) is 15.3. The molecule has 0 amide bonds. The molecule has 1 atom stereocenters. The molecular weight excluding hydrogens is 356 g/mol. The summed E-state index contributed by atoms with van der Waals surface area (Å²) in [5.41, 5.74) is 3.46. The molecule has 3 heterocycles. The monoisotopic (exact) mass is 376 g/mol. The van der Waals surface area contributed by atoms with Crippen LogP contribution in [0, 0.1) is 25.2 Å². The maximum absolute atomic E-state index is 8.96. The van der Waals surface area contributed by atoms with Crippen molar-refractivity contribution in [2.75, 3.05) is 16.8 Å². The maximum Gasteiger partial charge on any atom is 0.228 e. The highest BCUT2D eigenvalue weighted by molar-refractivity contribution is 7.16. The molecule has 0 saturated carbocycles. The minimum absolute atomic E-state index is 0.297. The summed E-state index contributed by atoms with van der Waals surface area (Å²) >= 11 is 1.31. The second kappa shape index (κ2) is 7.33. The van der Waals surface area contributed by atoms with Crippen LogP contribution in [0.4, 0.5) is 16.9 Å². The zero-order valence-corrected chi connectivity index (χ0v) is 16.1. The fourth-order valence-corrected chi connectivity index (χ4v) is 4.00. The average molecular weight is 376 g/mol. The summed E-state index contributed by atoms with van der Waals surface area (Å²) in [6.07, 6.45) is 3.79. The first kappa shape index (κ1) is 17.4. The summed E-state index contributed by atoms with van der Waals surface area (Å²) in [4.78, 5) is 16.5. The number of hydrogen-bond acceptors (Lipinski definition) is 7. The van der Waals surface area contributed by atoms with Crippen LogP contribution < -0.4 is 10.2 Å². The number of anilines is 3. The second-order valence-electron chi connectivity index (χ2n) is 6.72. The van der Waals surface area contributed by atoms with Crippen LogP contribution >= 0.6 is 11.3 Å². The number of hydrogen-bond donors (Lipinski definition) is 1. The third-order valence-corrected chi connectivity index (χ3v) is 5.48.